The molecule has 0 unspecified atom stereocenters. The zero-order chi connectivity index (χ0) is 21.0. The second kappa shape index (κ2) is 19.3. The number of hydrogen-bond acceptors (Lipinski definition) is 7. The molecule has 0 aliphatic carbocycles. The maximum absolute atomic E-state index is 11.6. The second-order valence-electron chi connectivity index (χ2n) is 6.88. The minimum atomic E-state index is 0. The fourth-order valence-corrected chi connectivity index (χ4v) is 1.90. The lowest BCUT2D eigenvalue weighted by Gasteiger charge is -2.09. The lowest BCUT2D eigenvalue weighted by Crippen LogP contribution is -2.27. The fraction of sp³-hybridized carbons (Fsp3) is 0.900. The molecule has 168 valence electrons. The van der Waals surface area contributed by atoms with E-state index >= 15 is 0 Å². The van der Waals surface area contributed by atoms with Crippen LogP contribution in [0.4, 0.5) is 0 Å². The molecule has 0 aromatic heterocycles. The zero-order valence-electron chi connectivity index (χ0n) is 18.0. The molecule has 0 spiro atoms. The van der Waals surface area contributed by atoms with Gasteiger partial charge in [-0.25, -0.2) is 0 Å². The zero-order valence-corrected chi connectivity index (χ0v) is 18.0. The number of rotatable bonds is 20. The third kappa shape index (κ3) is 19.7. The second-order valence-corrected chi connectivity index (χ2v) is 6.88. The molecule has 0 saturated heterocycles. The van der Waals surface area contributed by atoms with Gasteiger partial charge in [0.2, 0.25) is 5.91 Å². The van der Waals surface area contributed by atoms with Crippen molar-refractivity contribution in [2.24, 2.45) is 5.92 Å². The molecule has 0 fully saturated rings. The molecule has 0 aliphatic rings. The van der Waals surface area contributed by atoms with E-state index in [1.54, 1.807) is 0 Å². The van der Waals surface area contributed by atoms with Crippen molar-refractivity contribution in [3.05, 3.63) is 0 Å². The van der Waals surface area contributed by atoms with E-state index in [1.165, 1.54) is 0 Å². The first-order chi connectivity index (χ1) is 13.4. The summed E-state index contributed by atoms with van der Waals surface area (Å²) >= 11 is 0. The van der Waals surface area contributed by atoms with E-state index < -0.39 is 0 Å². The van der Waals surface area contributed by atoms with Gasteiger partial charge in [0.05, 0.1) is 52.4 Å². The largest absolute Gasteiger partial charge is 0.379 e. The Kier molecular flexibility index (Phi) is 18.5. The molecule has 1 amide bonds. The average molecular weight is 408 g/mol. The quantitative estimate of drug-likeness (QED) is 0.308. The summed E-state index contributed by atoms with van der Waals surface area (Å²) in [6, 6.07) is 0. The van der Waals surface area contributed by atoms with Crippen LogP contribution in [-0.2, 0) is 33.3 Å². The first-order valence-electron chi connectivity index (χ1n) is 10.2. The third-order valence-electron chi connectivity index (χ3n) is 3.57. The molecule has 0 saturated carbocycles. The van der Waals surface area contributed by atoms with Crippen LogP contribution in [0.3, 0.4) is 0 Å². The van der Waals surface area contributed by atoms with Crippen molar-refractivity contribution in [1.29, 1.82) is 0 Å². The van der Waals surface area contributed by atoms with Gasteiger partial charge in [-0.3, -0.25) is 9.59 Å². The Balaban J connectivity index is 0. The standard InChI is InChI=1S/C20H39NO7.H2/c1-17(2)19(22)16-27-15-14-26-13-12-25-11-10-24-9-7-21-20(23)6-5-8-28-18(3)4;/h17-18H,5-16H2,1-4H3,(H,21,23);1H. The molecule has 0 aromatic carbocycles. The number of hydrogen-bond donors (Lipinski definition) is 1. The molecule has 0 radical (unpaired) electrons. The maximum Gasteiger partial charge on any atom is 0.220 e. The Morgan fingerprint density at radius 2 is 1.32 bits per heavy atom. The van der Waals surface area contributed by atoms with E-state index in [0.717, 1.165) is 6.42 Å². The number of carbonyl (C=O) groups is 2. The van der Waals surface area contributed by atoms with Crippen LogP contribution in [-0.4, -0.2) is 83.8 Å². The van der Waals surface area contributed by atoms with Crippen molar-refractivity contribution in [2.45, 2.75) is 46.6 Å². The van der Waals surface area contributed by atoms with Crippen molar-refractivity contribution in [1.82, 2.24) is 5.32 Å². The topological polar surface area (TPSA) is 92.3 Å². The van der Waals surface area contributed by atoms with E-state index in [4.69, 9.17) is 23.7 Å². The minimum Gasteiger partial charge on any atom is -0.379 e. The summed E-state index contributed by atoms with van der Waals surface area (Å²) in [5.74, 6) is 0.114. The summed E-state index contributed by atoms with van der Waals surface area (Å²) in [6.45, 7) is 12.1. The number of Topliss-reactive ketones (excluding diaryl/α,β-unsaturated/α-hetero) is 1. The predicted molar refractivity (Wildman–Crippen MR) is 109 cm³/mol. The number of ketones is 1. The molecular formula is C20H41NO7. The minimum absolute atomic E-state index is 0. The van der Waals surface area contributed by atoms with Crippen molar-refractivity contribution >= 4 is 11.7 Å². The molecule has 0 rings (SSSR count). The van der Waals surface area contributed by atoms with Crippen LogP contribution in [0.2, 0.25) is 0 Å². The first-order valence-corrected chi connectivity index (χ1v) is 10.2. The van der Waals surface area contributed by atoms with Crippen LogP contribution in [0.25, 0.3) is 0 Å². The van der Waals surface area contributed by atoms with Crippen molar-refractivity contribution in [2.75, 3.05) is 66.0 Å². The van der Waals surface area contributed by atoms with Gasteiger partial charge < -0.3 is 29.0 Å². The van der Waals surface area contributed by atoms with E-state index in [-0.39, 0.29) is 31.7 Å². The van der Waals surface area contributed by atoms with E-state index in [9.17, 15) is 9.59 Å². The third-order valence-corrected chi connectivity index (χ3v) is 3.57. The van der Waals surface area contributed by atoms with Crippen LogP contribution in [0.15, 0.2) is 0 Å². The summed E-state index contributed by atoms with van der Waals surface area (Å²) in [5.41, 5.74) is 0. The fourth-order valence-electron chi connectivity index (χ4n) is 1.90. The van der Waals surface area contributed by atoms with Crippen LogP contribution in [0, 0.1) is 5.92 Å². The highest BCUT2D eigenvalue weighted by molar-refractivity contribution is 5.81. The first kappa shape index (κ1) is 26.9. The predicted octanol–water partition coefficient (Wildman–Crippen LogP) is 1.85. The van der Waals surface area contributed by atoms with E-state index in [0.29, 0.717) is 65.8 Å². The molecule has 0 atom stereocenters. The van der Waals surface area contributed by atoms with E-state index in [1.807, 2.05) is 27.7 Å². The molecule has 0 heterocycles. The van der Waals surface area contributed by atoms with E-state index in [2.05, 4.69) is 5.32 Å². The monoisotopic (exact) mass is 407 g/mol. The van der Waals surface area contributed by atoms with Gasteiger partial charge in [-0.05, 0) is 20.3 Å². The van der Waals surface area contributed by atoms with Gasteiger partial charge in [0, 0.05) is 26.9 Å². The Morgan fingerprint density at radius 1 is 0.786 bits per heavy atom. The van der Waals surface area contributed by atoms with Gasteiger partial charge in [0.15, 0.2) is 5.78 Å². The average Bonchev–Trinajstić information content (AvgIpc) is 2.65. The van der Waals surface area contributed by atoms with Gasteiger partial charge in [0.25, 0.3) is 0 Å². The van der Waals surface area contributed by atoms with Crippen LogP contribution < -0.4 is 5.32 Å². The lowest BCUT2D eigenvalue weighted by molar-refractivity contribution is -0.127. The lowest BCUT2D eigenvalue weighted by atomic mass is 10.1. The molecule has 8 heteroatoms. The summed E-state index contributed by atoms with van der Waals surface area (Å²) < 4.78 is 26.7. The molecule has 0 bridgehead atoms. The highest BCUT2D eigenvalue weighted by atomic mass is 16.6. The normalized spacial score (nSPS) is 11.4. The summed E-state index contributed by atoms with van der Waals surface area (Å²) in [4.78, 5) is 22.9. The summed E-state index contributed by atoms with van der Waals surface area (Å²) in [5, 5.41) is 2.81. The smallest absolute Gasteiger partial charge is 0.220 e. The molecule has 1 N–H and O–H groups in total. The van der Waals surface area contributed by atoms with Gasteiger partial charge in [0.1, 0.15) is 6.61 Å². The summed E-state index contributed by atoms with van der Waals surface area (Å²) in [7, 11) is 0. The SMILES string of the molecule is CC(C)OCCCC(=O)NCCOCCOCCOCCOCC(=O)C(C)C.[HH]. The number of carbonyl (C=O) groups excluding carboxylic acids is 2. The highest BCUT2D eigenvalue weighted by Crippen LogP contribution is 1.95. The Hall–Kier alpha value is -1.06. The molecule has 0 aliphatic heterocycles. The van der Waals surface area contributed by atoms with Gasteiger partial charge >= 0.3 is 0 Å². The van der Waals surface area contributed by atoms with Crippen molar-refractivity contribution in [3.8, 4) is 0 Å². The highest BCUT2D eigenvalue weighted by Gasteiger charge is 2.06. The van der Waals surface area contributed by atoms with Crippen molar-refractivity contribution < 1.29 is 34.7 Å². The number of amides is 1. The Morgan fingerprint density at radius 3 is 1.86 bits per heavy atom. The molecule has 8 nitrogen and oxygen atoms in total. The Labute approximate surface area is 171 Å². The molecule has 0 aromatic rings. The number of ether oxygens (including phenoxy) is 5. The summed E-state index contributed by atoms with van der Waals surface area (Å²) in [6.07, 6.45) is 1.39. The van der Waals surface area contributed by atoms with Gasteiger partial charge in [-0.15, -0.1) is 0 Å². The molecular weight excluding hydrogens is 366 g/mol. The molecule has 28 heavy (non-hydrogen) atoms. The van der Waals surface area contributed by atoms with Gasteiger partial charge in [-0.2, -0.15) is 0 Å². The maximum atomic E-state index is 11.6. The Bertz CT molecular complexity index is 395. The van der Waals surface area contributed by atoms with Crippen LogP contribution >= 0.6 is 0 Å². The van der Waals surface area contributed by atoms with Crippen molar-refractivity contribution in [3.63, 3.8) is 0 Å². The van der Waals surface area contributed by atoms with Crippen LogP contribution in [0.1, 0.15) is 42.0 Å². The van der Waals surface area contributed by atoms with Crippen LogP contribution in [0.5, 0.6) is 0 Å². The number of nitrogens with one attached hydrogen (secondary N) is 1. The van der Waals surface area contributed by atoms with Gasteiger partial charge in [-0.1, -0.05) is 13.8 Å².